The molecule has 0 saturated heterocycles. The summed E-state index contributed by atoms with van der Waals surface area (Å²) >= 11 is 0. The van der Waals surface area contributed by atoms with Crippen molar-refractivity contribution in [1.29, 1.82) is 0 Å². The lowest BCUT2D eigenvalue weighted by Gasteiger charge is -2.22. The monoisotopic (exact) mass is 431 g/mol. The first-order valence-corrected chi connectivity index (χ1v) is 8.71. The van der Waals surface area contributed by atoms with Crippen LogP contribution in [0, 0.1) is 11.6 Å². The SMILES string of the molecule is CCC(n1cc(C(=O)O)c(=O)c2cc(F)c(F)c(OC(F)(F)F)c21)S(=O)(=O)O. The van der Waals surface area contributed by atoms with Gasteiger partial charge in [-0.05, 0) is 12.5 Å². The van der Waals surface area contributed by atoms with Gasteiger partial charge in [0, 0.05) is 6.20 Å². The van der Waals surface area contributed by atoms with Crippen LogP contribution >= 0.6 is 0 Å². The van der Waals surface area contributed by atoms with Gasteiger partial charge in [0.2, 0.25) is 11.2 Å². The zero-order valence-corrected chi connectivity index (χ0v) is 14.4. The van der Waals surface area contributed by atoms with Crippen molar-refractivity contribution < 1.29 is 49.6 Å². The fourth-order valence-electron chi connectivity index (χ4n) is 2.57. The van der Waals surface area contributed by atoms with E-state index in [-0.39, 0.29) is 10.6 Å². The highest BCUT2D eigenvalue weighted by Crippen LogP contribution is 2.36. The minimum atomic E-state index is -5.58. The Morgan fingerprint density at radius 2 is 1.89 bits per heavy atom. The van der Waals surface area contributed by atoms with Crippen LogP contribution in [0.4, 0.5) is 22.0 Å². The van der Waals surface area contributed by atoms with Crippen molar-refractivity contribution in [2.45, 2.75) is 25.1 Å². The Labute approximate surface area is 152 Å². The molecule has 0 bridgehead atoms. The first-order valence-electron chi connectivity index (χ1n) is 7.21. The number of ether oxygens (including phenoxy) is 1. The van der Waals surface area contributed by atoms with Crippen molar-refractivity contribution in [3.8, 4) is 5.75 Å². The number of carboxylic acids is 1. The Morgan fingerprint density at radius 3 is 2.32 bits per heavy atom. The van der Waals surface area contributed by atoms with Crippen molar-refractivity contribution in [1.82, 2.24) is 4.57 Å². The summed E-state index contributed by atoms with van der Waals surface area (Å²) in [5.41, 5.74) is -3.87. The number of aromatic carboxylic acids is 1. The molecule has 0 aliphatic heterocycles. The van der Waals surface area contributed by atoms with Crippen LogP contribution in [-0.2, 0) is 10.1 Å². The number of nitrogens with zero attached hydrogens (tertiary/aromatic N) is 1. The predicted molar refractivity (Wildman–Crippen MR) is 82.6 cm³/mol. The number of carbonyl (C=O) groups is 1. The van der Waals surface area contributed by atoms with E-state index in [4.69, 9.17) is 5.11 Å². The van der Waals surface area contributed by atoms with E-state index in [0.29, 0.717) is 6.20 Å². The van der Waals surface area contributed by atoms with Gasteiger partial charge in [-0.25, -0.2) is 9.18 Å². The van der Waals surface area contributed by atoms with Gasteiger partial charge in [0.25, 0.3) is 10.1 Å². The van der Waals surface area contributed by atoms with Crippen LogP contribution in [0.25, 0.3) is 10.9 Å². The molecule has 0 spiro atoms. The van der Waals surface area contributed by atoms with Crippen molar-refractivity contribution >= 4 is 27.0 Å². The van der Waals surface area contributed by atoms with E-state index >= 15 is 0 Å². The van der Waals surface area contributed by atoms with E-state index in [1.165, 1.54) is 0 Å². The zero-order chi connectivity index (χ0) is 21.6. The number of benzene rings is 1. The first-order chi connectivity index (χ1) is 12.7. The van der Waals surface area contributed by atoms with Gasteiger partial charge >= 0.3 is 12.3 Å². The molecule has 0 aliphatic carbocycles. The molecule has 1 unspecified atom stereocenters. The second kappa shape index (κ2) is 7.01. The van der Waals surface area contributed by atoms with Crippen molar-refractivity contribution in [3.05, 3.63) is 39.7 Å². The van der Waals surface area contributed by atoms with E-state index in [1.807, 2.05) is 0 Å². The molecule has 14 heteroatoms. The minimum absolute atomic E-state index is 0.107. The molecule has 0 fully saturated rings. The number of rotatable bonds is 5. The molecule has 0 radical (unpaired) electrons. The first kappa shape index (κ1) is 21.6. The lowest BCUT2D eigenvalue weighted by molar-refractivity contribution is -0.275. The molecule has 0 amide bonds. The highest BCUT2D eigenvalue weighted by molar-refractivity contribution is 7.85. The smallest absolute Gasteiger partial charge is 0.477 e. The van der Waals surface area contributed by atoms with Gasteiger partial charge in [-0.2, -0.15) is 12.8 Å². The number of halogens is 5. The molecule has 1 aromatic carbocycles. The van der Waals surface area contributed by atoms with Gasteiger partial charge in [0.15, 0.2) is 16.9 Å². The highest BCUT2D eigenvalue weighted by Gasteiger charge is 2.37. The number of alkyl halides is 3. The van der Waals surface area contributed by atoms with Gasteiger partial charge in [0.05, 0.1) is 10.9 Å². The van der Waals surface area contributed by atoms with Gasteiger partial charge < -0.3 is 14.4 Å². The number of aromatic nitrogens is 1. The standard InChI is InChI=1S/C14H10F5NO7S/c1-2-8(28(24,25)26)20-4-6(13(22)23)11(21)5-3-7(15)9(16)12(10(5)20)27-14(17,18)19/h3-4,8H,2H2,1H3,(H,22,23)(H,24,25,26). The quantitative estimate of drug-likeness (QED) is 0.551. The molecular formula is C14H10F5NO7S. The summed E-state index contributed by atoms with van der Waals surface area (Å²) < 4.78 is 102. The Bertz CT molecular complexity index is 1120. The van der Waals surface area contributed by atoms with E-state index < -0.39 is 73.5 Å². The van der Waals surface area contributed by atoms with Gasteiger partial charge in [-0.1, -0.05) is 6.92 Å². The molecule has 2 aromatic rings. The molecule has 2 N–H and O–H groups in total. The second-order valence-electron chi connectivity index (χ2n) is 5.41. The summed E-state index contributed by atoms with van der Waals surface area (Å²) in [6.45, 7) is 1.15. The highest BCUT2D eigenvalue weighted by atomic mass is 32.2. The fourth-order valence-corrected chi connectivity index (χ4v) is 3.44. The summed E-state index contributed by atoms with van der Waals surface area (Å²) in [5, 5.41) is 5.85. The fraction of sp³-hybridized carbons (Fsp3) is 0.286. The lowest BCUT2D eigenvalue weighted by atomic mass is 10.1. The predicted octanol–water partition coefficient (Wildman–Crippen LogP) is 2.67. The van der Waals surface area contributed by atoms with Crippen molar-refractivity contribution in [2.75, 3.05) is 0 Å². The molecular weight excluding hydrogens is 421 g/mol. The van der Waals surface area contributed by atoms with Gasteiger partial charge in [-0.15, -0.1) is 13.2 Å². The average molecular weight is 431 g/mol. The molecule has 8 nitrogen and oxygen atoms in total. The van der Waals surface area contributed by atoms with Crippen LogP contribution in [0.3, 0.4) is 0 Å². The van der Waals surface area contributed by atoms with Crippen LogP contribution in [0.5, 0.6) is 5.75 Å². The maximum atomic E-state index is 14.1. The molecule has 154 valence electrons. The topological polar surface area (TPSA) is 123 Å². The molecule has 0 saturated carbocycles. The Morgan fingerprint density at radius 1 is 1.32 bits per heavy atom. The van der Waals surface area contributed by atoms with Crippen molar-refractivity contribution in [3.63, 3.8) is 0 Å². The van der Waals surface area contributed by atoms with E-state index in [9.17, 15) is 44.5 Å². The third-order valence-electron chi connectivity index (χ3n) is 3.62. The Balaban J connectivity index is 3.17. The number of carboxylic acid groups (broad SMARTS) is 1. The maximum Gasteiger partial charge on any atom is 0.573 e. The maximum absolute atomic E-state index is 14.1. The van der Waals surface area contributed by atoms with Gasteiger partial charge in [0.1, 0.15) is 5.56 Å². The van der Waals surface area contributed by atoms with Crippen LogP contribution in [0.1, 0.15) is 29.1 Å². The van der Waals surface area contributed by atoms with E-state index in [2.05, 4.69) is 4.74 Å². The zero-order valence-electron chi connectivity index (χ0n) is 13.6. The largest absolute Gasteiger partial charge is 0.573 e. The van der Waals surface area contributed by atoms with Crippen LogP contribution in [0.15, 0.2) is 17.1 Å². The van der Waals surface area contributed by atoms with Crippen LogP contribution in [-0.4, -0.2) is 35.0 Å². The average Bonchev–Trinajstić information content (AvgIpc) is 2.52. The second-order valence-corrected chi connectivity index (χ2v) is 6.98. The summed E-state index contributed by atoms with van der Waals surface area (Å²) in [7, 11) is -5.08. The summed E-state index contributed by atoms with van der Waals surface area (Å²) in [4.78, 5) is 23.5. The van der Waals surface area contributed by atoms with E-state index in [1.54, 1.807) is 0 Å². The normalized spacial score (nSPS) is 13.5. The summed E-state index contributed by atoms with van der Waals surface area (Å²) in [6.07, 6.45) is -5.82. The molecule has 2 rings (SSSR count). The number of hydrogen-bond donors (Lipinski definition) is 2. The third kappa shape index (κ3) is 3.91. The summed E-state index contributed by atoms with van der Waals surface area (Å²) in [5.74, 6) is -7.99. The molecule has 0 aliphatic rings. The number of pyridine rings is 1. The Hall–Kier alpha value is -2.74. The minimum Gasteiger partial charge on any atom is -0.477 e. The number of hydrogen-bond acceptors (Lipinski definition) is 5. The van der Waals surface area contributed by atoms with Crippen LogP contribution in [0.2, 0.25) is 0 Å². The summed E-state index contributed by atoms with van der Waals surface area (Å²) in [6, 6.07) is 0.107. The molecule has 1 heterocycles. The number of fused-ring (bicyclic) bond motifs is 1. The molecule has 28 heavy (non-hydrogen) atoms. The van der Waals surface area contributed by atoms with Crippen molar-refractivity contribution in [2.24, 2.45) is 0 Å². The van der Waals surface area contributed by atoms with E-state index in [0.717, 1.165) is 6.92 Å². The van der Waals surface area contributed by atoms with Crippen LogP contribution < -0.4 is 10.2 Å². The molecule has 1 aromatic heterocycles. The third-order valence-corrected chi connectivity index (χ3v) is 4.87. The molecule has 1 atom stereocenters. The Kier molecular flexibility index (Phi) is 5.40. The lowest BCUT2D eigenvalue weighted by Crippen LogP contribution is -2.27. The van der Waals surface area contributed by atoms with Gasteiger partial charge in [-0.3, -0.25) is 9.35 Å².